The van der Waals surface area contributed by atoms with Crippen LogP contribution >= 0.6 is 11.6 Å². The molecule has 1 N–H and O–H groups in total. The van der Waals surface area contributed by atoms with Gasteiger partial charge in [0.2, 0.25) is 10.0 Å². The lowest BCUT2D eigenvalue weighted by atomic mass is 10.2. The maximum absolute atomic E-state index is 13.3. The van der Waals surface area contributed by atoms with Gasteiger partial charge in [0.25, 0.3) is 5.91 Å². The van der Waals surface area contributed by atoms with Gasteiger partial charge in [-0.2, -0.15) is 4.31 Å². The molecule has 156 valence electrons. The standard InChI is InChI=1S/C21H20ClN3O4S/c22-18-12-23-11-15-5-4-8-19(21(15)18)30(27,28)25-10-9-16(13-25)24-20(26)14-29-17-6-2-1-3-7-17/h1-8,11-12,16H,9-10,13-14H2,(H,24,26). The number of nitrogens with zero attached hydrogens (tertiary/aromatic N) is 2. The van der Waals surface area contributed by atoms with Crippen molar-refractivity contribution in [3.63, 3.8) is 0 Å². The number of hydrogen-bond donors (Lipinski definition) is 1. The number of halogens is 1. The Bertz CT molecular complexity index is 1170. The van der Waals surface area contributed by atoms with Crippen LogP contribution in [0.2, 0.25) is 5.02 Å². The highest BCUT2D eigenvalue weighted by atomic mass is 35.5. The summed E-state index contributed by atoms with van der Waals surface area (Å²) in [5, 5.41) is 4.25. The first kappa shape index (κ1) is 20.6. The molecule has 1 unspecified atom stereocenters. The molecule has 4 rings (SSSR count). The topological polar surface area (TPSA) is 88.6 Å². The second-order valence-corrected chi connectivity index (χ2v) is 9.31. The maximum Gasteiger partial charge on any atom is 0.258 e. The number of ether oxygens (including phenoxy) is 1. The summed E-state index contributed by atoms with van der Waals surface area (Å²) in [4.78, 5) is 16.4. The predicted octanol–water partition coefficient (Wildman–Crippen LogP) is 2.85. The molecule has 1 aliphatic heterocycles. The van der Waals surface area contributed by atoms with E-state index in [1.54, 1.807) is 36.5 Å². The van der Waals surface area contributed by atoms with Gasteiger partial charge in [0, 0.05) is 42.3 Å². The number of para-hydroxylation sites is 1. The molecule has 0 bridgehead atoms. The van der Waals surface area contributed by atoms with Gasteiger partial charge >= 0.3 is 0 Å². The third-order valence-electron chi connectivity index (χ3n) is 4.95. The number of nitrogens with one attached hydrogen (secondary N) is 1. The fourth-order valence-corrected chi connectivity index (χ4v) is 5.57. The van der Waals surface area contributed by atoms with E-state index in [0.717, 1.165) is 0 Å². The summed E-state index contributed by atoms with van der Waals surface area (Å²) in [5.41, 5.74) is 0. The second kappa shape index (κ2) is 8.59. The Balaban J connectivity index is 1.43. The zero-order valence-electron chi connectivity index (χ0n) is 16.0. The van der Waals surface area contributed by atoms with Gasteiger partial charge in [-0.15, -0.1) is 0 Å². The van der Waals surface area contributed by atoms with Crippen LogP contribution in [0, 0.1) is 0 Å². The quantitative estimate of drug-likeness (QED) is 0.630. The number of amides is 1. The first-order chi connectivity index (χ1) is 14.4. The first-order valence-corrected chi connectivity index (χ1v) is 11.3. The highest BCUT2D eigenvalue weighted by molar-refractivity contribution is 7.89. The number of pyridine rings is 1. The zero-order valence-corrected chi connectivity index (χ0v) is 17.6. The van der Waals surface area contributed by atoms with E-state index >= 15 is 0 Å². The van der Waals surface area contributed by atoms with Crippen molar-refractivity contribution in [2.24, 2.45) is 0 Å². The summed E-state index contributed by atoms with van der Waals surface area (Å²) in [6, 6.07) is 13.7. The monoisotopic (exact) mass is 445 g/mol. The molecule has 1 saturated heterocycles. The van der Waals surface area contributed by atoms with Crippen molar-refractivity contribution in [1.29, 1.82) is 0 Å². The Morgan fingerprint density at radius 3 is 2.77 bits per heavy atom. The summed E-state index contributed by atoms with van der Waals surface area (Å²) in [6.07, 6.45) is 3.54. The number of benzene rings is 2. The summed E-state index contributed by atoms with van der Waals surface area (Å²) >= 11 is 6.24. The van der Waals surface area contributed by atoms with Crippen LogP contribution in [-0.2, 0) is 14.8 Å². The van der Waals surface area contributed by atoms with Crippen molar-refractivity contribution in [3.8, 4) is 5.75 Å². The summed E-state index contributed by atoms with van der Waals surface area (Å²) in [5.74, 6) is 0.313. The normalized spacial score (nSPS) is 17.2. The lowest BCUT2D eigenvalue weighted by molar-refractivity contribution is -0.123. The van der Waals surface area contributed by atoms with Crippen molar-refractivity contribution in [3.05, 3.63) is 65.9 Å². The van der Waals surface area contributed by atoms with Crippen LogP contribution in [0.5, 0.6) is 5.75 Å². The van der Waals surface area contributed by atoms with Crippen LogP contribution in [0.1, 0.15) is 6.42 Å². The number of rotatable bonds is 6. The largest absolute Gasteiger partial charge is 0.484 e. The van der Waals surface area contributed by atoms with Gasteiger partial charge in [-0.3, -0.25) is 9.78 Å². The van der Waals surface area contributed by atoms with Crippen molar-refractivity contribution >= 4 is 38.3 Å². The molecular formula is C21H20ClN3O4S. The second-order valence-electron chi connectivity index (χ2n) is 6.99. The molecule has 3 aromatic rings. The van der Waals surface area contributed by atoms with E-state index in [4.69, 9.17) is 16.3 Å². The molecule has 1 fully saturated rings. The van der Waals surface area contributed by atoms with E-state index in [1.807, 2.05) is 18.2 Å². The Morgan fingerprint density at radius 1 is 1.17 bits per heavy atom. The summed E-state index contributed by atoms with van der Waals surface area (Å²) < 4.78 is 33.3. The number of fused-ring (bicyclic) bond motifs is 1. The highest BCUT2D eigenvalue weighted by Crippen LogP contribution is 2.32. The minimum Gasteiger partial charge on any atom is -0.484 e. The van der Waals surface area contributed by atoms with Crippen LogP contribution in [0.3, 0.4) is 0 Å². The van der Waals surface area contributed by atoms with E-state index in [2.05, 4.69) is 10.3 Å². The number of carbonyl (C=O) groups is 1. The van der Waals surface area contributed by atoms with Gasteiger partial charge < -0.3 is 10.1 Å². The minimum absolute atomic E-state index is 0.126. The maximum atomic E-state index is 13.3. The van der Waals surface area contributed by atoms with Gasteiger partial charge in [0.15, 0.2) is 6.61 Å². The average Bonchev–Trinajstić information content (AvgIpc) is 3.22. The molecule has 2 heterocycles. The van der Waals surface area contributed by atoms with Crippen LogP contribution in [0.25, 0.3) is 10.8 Å². The number of carbonyl (C=O) groups excluding carboxylic acids is 1. The molecule has 9 heteroatoms. The molecule has 1 aromatic heterocycles. The van der Waals surface area contributed by atoms with Crippen LogP contribution in [0.15, 0.2) is 65.8 Å². The molecule has 1 amide bonds. The number of sulfonamides is 1. The van der Waals surface area contributed by atoms with E-state index in [-0.39, 0.29) is 35.0 Å². The lowest BCUT2D eigenvalue weighted by Gasteiger charge is -2.19. The van der Waals surface area contributed by atoms with Crippen molar-refractivity contribution in [2.45, 2.75) is 17.4 Å². The fourth-order valence-electron chi connectivity index (χ4n) is 3.51. The zero-order chi connectivity index (χ0) is 21.1. The van der Waals surface area contributed by atoms with Gasteiger partial charge in [0.1, 0.15) is 5.75 Å². The molecule has 30 heavy (non-hydrogen) atoms. The third kappa shape index (κ3) is 4.26. The molecule has 0 spiro atoms. The van der Waals surface area contributed by atoms with Crippen LogP contribution in [0.4, 0.5) is 0 Å². The van der Waals surface area contributed by atoms with Crippen LogP contribution in [-0.4, -0.2) is 49.4 Å². The molecular weight excluding hydrogens is 426 g/mol. The van der Waals surface area contributed by atoms with Crippen molar-refractivity contribution < 1.29 is 17.9 Å². The first-order valence-electron chi connectivity index (χ1n) is 9.45. The van der Waals surface area contributed by atoms with Crippen LogP contribution < -0.4 is 10.1 Å². The van der Waals surface area contributed by atoms with E-state index < -0.39 is 10.0 Å². The Morgan fingerprint density at radius 2 is 1.97 bits per heavy atom. The van der Waals surface area contributed by atoms with E-state index in [0.29, 0.717) is 29.5 Å². The van der Waals surface area contributed by atoms with Gasteiger partial charge in [-0.05, 0) is 24.6 Å². The van der Waals surface area contributed by atoms with E-state index in [9.17, 15) is 13.2 Å². The molecule has 0 aliphatic carbocycles. The van der Waals surface area contributed by atoms with E-state index in [1.165, 1.54) is 10.5 Å². The Hall–Kier alpha value is -2.68. The molecule has 0 saturated carbocycles. The average molecular weight is 446 g/mol. The SMILES string of the molecule is O=C(COc1ccccc1)NC1CCN(S(=O)(=O)c2cccc3cncc(Cl)c23)C1. The minimum atomic E-state index is -3.77. The molecule has 0 radical (unpaired) electrons. The van der Waals surface area contributed by atoms with Crippen molar-refractivity contribution in [2.75, 3.05) is 19.7 Å². The summed E-state index contributed by atoms with van der Waals surface area (Å²) in [6.45, 7) is 0.379. The number of hydrogen-bond acceptors (Lipinski definition) is 5. The smallest absolute Gasteiger partial charge is 0.258 e. The predicted molar refractivity (Wildman–Crippen MR) is 114 cm³/mol. The molecule has 7 nitrogen and oxygen atoms in total. The molecule has 1 aliphatic rings. The third-order valence-corrected chi connectivity index (χ3v) is 7.14. The molecule has 1 atom stereocenters. The number of aromatic nitrogens is 1. The highest BCUT2D eigenvalue weighted by Gasteiger charge is 2.34. The van der Waals surface area contributed by atoms with Gasteiger partial charge in [-0.1, -0.05) is 41.9 Å². The van der Waals surface area contributed by atoms with Gasteiger partial charge in [-0.25, -0.2) is 8.42 Å². The summed E-state index contributed by atoms with van der Waals surface area (Å²) in [7, 11) is -3.77. The molecule has 2 aromatic carbocycles. The van der Waals surface area contributed by atoms with Crippen molar-refractivity contribution in [1.82, 2.24) is 14.6 Å². The Labute approximate surface area is 179 Å². The van der Waals surface area contributed by atoms with Gasteiger partial charge in [0.05, 0.1) is 9.92 Å². The Kier molecular flexibility index (Phi) is 5.90. The lowest BCUT2D eigenvalue weighted by Crippen LogP contribution is -2.40. The fraction of sp³-hybridized carbons (Fsp3) is 0.238.